The largest absolute Gasteiger partial charge is 0.508 e. The number of rotatable bonds is 8. The molecule has 3 aromatic carbocycles. The van der Waals surface area contributed by atoms with E-state index in [2.05, 4.69) is 11.8 Å². The lowest BCUT2D eigenvalue weighted by Gasteiger charge is -2.38. The van der Waals surface area contributed by atoms with Gasteiger partial charge in [-0.05, 0) is 65.9 Å². The van der Waals surface area contributed by atoms with Gasteiger partial charge in [0.1, 0.15) is 35.7 Å². The molecule has 0 saturated carbocycles. The predicted molar refractivity (Wildman–Crippen MR) is 140 cm³/mol. The molecule has 0 radical (unpaired) electrons. The number of benzene rings is 3. The summed E-state index contributed by atoms with van der Waals surface area (Å²) in [6.45, 7) is 7.93. The molecule has 2 heterocycles. The molecule has 1 saturated heterocycles. The van der Waals surface area contributed by atoms with Crippen molar-refractivity contribution in [3.63, 3.8) is 0 Å². The standard InChI is InChI=1S/C30H33NO5/c1-3-20-16-31(17-20)12-13-35-25-9-6-21(7-10-25)30-29(22-4-5-23(18-32)27(34)14-22)19(2)26-15-24(33)8-11-28(26)36-30/h4-11,14-15,20,30,32-34H,3,12-13,16-18H2,1-2H3/t30-/m1/s1. The molecular formula is C30H33NO5. The molecule has 2 aliphatic rings. The van der Waals surface area contributed by atoms with Crippen molar-refractivity contribution in [3.05, 3.63) is 82.9 Å². The Labute approximate surface area is 212 Å². The highest BCUT2D eigenvalue weighted by Crippen LogP contribution is 2.48. The first-order valence-electron chi connectivity index (χ1n) is 12.6. The van der Waals surface area contributed by atoms with E-state index in [1.54, 1.807) is 30.3 Å². The van der Waals surface area contributed by atoms with Crippen LogP contribution in [0.5, 0.6) is 23.0 Å². The van der Waals surface area contributed by atoms with Gasteiger partial charge in [0.05, 0.1) is 6.61 Å². The molecule has 3 N–H and O–H groups in total. The smallest absolute Gasteiger partial charge is 0.150 e. The zero-order chi connectivity index (χ0) is 25.2. The van der Waals surface area contributed by atoms with E-state index in [1.807, 2.05) is 37.3 Å². The monoisotopic (exact) mass is 487 g/mol. The highest BCUT2D eigenvalue weighted by Gasteiger charge is 2.30. The molecular weight excluding hydrogens is 454 g/mol. The number of likely N-dealkylation sites (tertiary alicyclic amines) is 1. The van der Waals surface area contributed by atoms with Crippen molar-refractivity contribution in [1.29, 1.82) is 0 Å². The molecule has 3 aromatic rings. The van der Waals surface area contributed by atoms with Crippen LogP contribution in [0.2, 0.25) is 0 Å². The molecule has 0 aromatic heterocycles. The Morgan fingerprint density at radius 2 is 1.78 bits per heavy atom. The molecule has 188 valence electrons. The summed E-state index contributed by atoms with van der Waals surface area (Å²) in [5.74, 6) is 2.54. The number of phenolic OH excluding ortho intramolecular Hbond substituents is 1. The first-order valence-corrected chi connectivity index (χ1v) is 12.6. The molecule has 0 amide bonds. The van der Waals surface area contributed by atoms with Gasteiger partial charge in [0, 0.05) is 36.3 Å². The highest BCUT2D eigenvalue weighted by atomic mass is 16.5. The summed E-state index contributed by atoms with van der Waals surface area (Å²) in [5, 5.41) is 30.0. The molecule has 6 heteroatoms. The van der Waals surface area contributed by atoms with Crippen LogP contribution in [0.1, 0.15) is 48.6 Å². The lowest BCUT2D eigenvalue weighted by atomic mass is 9.85. The first-order chi connectivity index (χ1) is 17.5. The number of aliphatic hydroxyl groups excluding tert-OH is 1. The summed E-state index contributed by atoms with van der Waals surface area (Å²) in [7, 11) is 0. The van der Waals surface area contributed by atoms with Crippen molar-refractivity contribution in [2.24, 2.45) is 5.92 Å². The quantitative estimate of drug-likeness (QED) is 0.396. The topological polar surface area (TPSA) is 82.4 Å². The predicted octanol–water partition coefficient (Wildman–Crippen LogP) is 5.38. The third-order valence-corrected chi connectivity index (χ3v) is 7.31. The molecule has 5 rings (SSSR count). The van der Waals surface area contributed by atoms with Crippen molar-refractivity contribution in [1.82, 2.24) is 4.90 Å². The fourth-order valence-corrected chi connectivity index (χ4v) is 5.06. The van der Waals surface area contributed by atoms with Crippen LogP contribution in [0.4, 0.5) is 0 Å². The third kappa shape index (κ3) is 4.79. The van der Waals surface area contributed by atoms with Gasteiger partial charge in [0.15, 0.2) is 0 Å². The molecule has 0 unspecified atom stereocenters. The van der Waals surface area contributed by atoms with Gasteiger partial charge in [-0.3, -0.25) is 4.90 Å². The molecule has 6 nitrogen and oxygen atoms in total. The summed E-state index contributed by atoms with van der Waals surface area (Å²) in [6, 6.07) is 18.3. The number of hydrogen-bond donors (Lipinski definition) is 3. The Morgan fingerprint density at radius 1 is 1.00 bits per heavy atom. The maximum Gasteiger partial charge on any atom is 0.150 e. The Balaban J connectivity index is 1.40. The second-order valence-corrected chi connectivity index (χ2v) is 9.67. The number of aromatic hydroxyl groups is 2. The second-order valence-electron chi connectivity index (χ2n) is 9.67. The van der Waals surface area contributed by atoms with Gasteiger partial charge in [0.2, 0.25) is 0 Å². The minimum absolute atomic E-state index is 0.0342. The molecule has 1 atom stereocenters. The molecule has 36 heavy (non-hydrogen) atoms. The van der Waals surface area contributed by atoms with Crippen LogP contribution in [0.15, 0.2) is 60.7 Å². The van der Waals surface area contributed by atoms with Crippen LogP contribution in [-0.4, -0.2) is 46.5 Å². The maximum atomic E-state index is 10.4. The molecule has 2 aliphatic heterocycles. The fourth-order valence-electron chi connectivity index (χ4n) is 5.06. The van der Waals surface area contributed by atoms with Crippen LogP contribution >= 0.6 is 0 Å². The van der Waals surface area contributed by atoms with E-state index >= 15 is 0 Å². The Hall–Kier alpha value is -3.48. The number of hydrogen-bond acceptors (Lipinski definition) is 6. The van der Waals surface area contributed by atoms with Gasteiger partial charge >= 0.3 is 0 Å². The summed E-state index contributed by atoms with van der Waals surface area (Å²) < 4.78 is 12.4. The van der Waals surface area contributed by atoms with Gasteiger partial charge in [0.25, 0.3) is 0 Å². The van der Waals surface area contributed by atoms with E-state index in [-0.39, 0.29) is 18.1 Å². The number of ether oxygens (including phenoxy) is 2. The SMILES string of the molecule is CCC1CN(CCOc2ccc([C@H]3Oc4ccc(O)cc4C(C)=C3c3ccc(CO)c(O)c3)cc2)C1. The average Bonchev–Trinajstić information content (AvgIpc) is 2.86. The summed E-state index contributed by atoms with van der Waals surface area (Å²) in [4.78, 5) is 2.42. The number of fused-ring (bicyclic) bond motifs is 1. The molecule has 1 fully saturated rings. The molecule has 0 bridgehead atoms. The Morgan fingerprint density at radius 3 is 2.47 bits per heavy atom. The van der Waals surface area contributed by atoms with Crippen molar-refractivity contribution < 1.29 is 24.8 Å². The number of aliphatic hydroxyl groups is 1. The summed E-state index contributed by atoms with van der Waals surface area (Å²) in [6.07, 6.45) is 0.831. The zero-order valence-corrected chi connectivity index (χ0v) is 20.8. The van der Waals surface area contributed by atoms with Gasteiger partial charge in [-0.1, -0.05) is 37.6 Å². The number of allylic oxidation sites excluding steroid dienone is 1. The molecule has 0 aliphatic carbocycles. The van der Waals surface area contributed by atoms with Gasteiger partial charge in [-0.15, -0.1) is 0 Å². The number of phenols is 2. The van der Waals surface area contributed by atoms with Crippen LogP contribution in [0.25, 0.3) is 11.1 Å². The van der Waals surface area contributed by atoms with Crippen molar-refractivity contribution in [2.45, 2.75) is 33.0 Å². The lowest BCUT2D eigenvalue weighted by molar-refractivity contribution is 0.0806. The minimum Gasteiger partial charge on any atom is -0.508 e. The van der Waals surface area contributed by atoms with E-state index in [1.165, 1.54) is 19.5 Å². The van der Waals surface area contributed by atoms with Crippen LogP contribution in [0.3, 0.4) is 0 Å². The maximum absolute atomic E-state index is 10.4. The van der Waals surface area contributed by atoms with E-state index in [0.717, 1.165) is 46.0 Å². The zero-order valence-electron chi connectivity index (χ0n) is 20.8. The van der Waals surface area contributed by atoms with E-state index in [0.29, 0.717) is 17.9 Å². The van der Waals surface area contributed by atoms with Crippen LogP contribution < -0.4 is 9.47 Å². The fraction of sp³-hybridized carbons (Fsp3) is 0.333. The third-order valence-electron chi connectivity index (χ3n) is 7.31. The van der Waals surface area contributed by atoms with Crippen molar-refractivity contribution in [3.8, 4) is 23.0 Å². The van der Waals surface area contributed by atoms with E-state index < -0.39 is 6.10 Å². The van der Waals surface area contributed by atoms with Crippen LogP contribution in [-0.2, 0) is 6.61 Å². The van der Waals surface area contributed by atoms with Crippen LogP contribution in [0, 0.1) is 5.92 Å². The Bertz CT molecular complexity index is 1260. The molecule has 0 spiro atoms. The summed E-state index contributed by atoms with van der Waals surface area (Å²) >= 11 is 0. The van der Waals surface area contributed by atoms with Crippen molar-refractivity contribution >= 4 is 11.1 Å². The highest BCUT2D eigenvalue weighted by molar-refractivity contribution is 5.96. The number of nitrogens with zero attached hydrogens (tertiary/aromatic N) is 1. The van der Waals surface area contributed by atoms with Gasteiger partial charge in [-0.2, -0.15) is 0 Å². The Kier molecular flexibility index (Phi) is 6.90. The van der Waals surface area contributed by atoms with Crippen molar-refractivity contribution in [2.75, 3.05) is 26.2 Å². The minimum atomic E-state index is -0.414. The average molecular weight is 488 g/mol. The van der Waals surface area contributed by atoms with E-state index in [4.69, 9.17) is 9.47 Å². The van der Waals surface area contributed by atoms with E-state index in [9.17, 15) is 15.3 Å². The lowest BCUT2D eigenvalue weighted by Crippen LogP contribution is -2.47. The van der Waals surface area contributed by atoms with Gasteiger partial charge in [-0.25, -0.2) is 0 Å². The summed E-state index contributed by atoms with van der Waals surface area (Å²) in [5.41, 5.74) is 4.87. The second kappa shape index (κ2) is 10.2. The normalized spacial score (nSPS) is 17.9. The first kappa shape index (κ1) is 24.2. The van der Waals surface area contributed by atoms with Gasteiger partial charge < -0.3 is 24.8 Å².